The Labute approximate surface area is 194 Å². The van der Waals surface area contributed by atoms with Gasteiger partial charge in [0.2, 0.25) is 0 Å². The van der Waals surface area contributed by atoms with E-state index in [1.54, 1.807) is 29.1 Å². The lowest BCUT2D eigenvalue weighted by Gasteiger charge is -2.17. The molecule has 0 radical (unpaired) electrons. The molecule has 0 spiro atoms. The molecule has 1 aliphatic carbocycles. The van der Waals surface area contributed by atoms with Crippen LogP contribution in [0.4, 0.5) is 10.2 Å². The summed E-state index contributed by atoms with van der Waals surface area (Å²) in [6.45, 7) is 2.08. The van der Waals surface area contributed by atoms with Crippen molar-refractivity contribution >= 4 is 28.3 Å². The fourth-order valence-corrected chi connectivity index (χ4v) is 4.30. The SMILES string of the molecule is Cc1cccc(F)c1Cn1ncc2c(=O)n(-c3cc(N[C@H](CO)C4CC4)ncc3Cl)ccc21. The first-order valence-electron chi connectivity index (χ1n) is 10.8. The van der Waals surface area contributed by atoms with Crippen LogP contribution in [0.1, 0.15) is 24.0 Å². The Hall–Kier alpha value is -3.23. The van der Waals surface area contributed by atoms with Crippen LogP contribution < -0.4 is 10.9 Å². The van der Waals surface area contributed by atoms with Gasteiger partial charge in [0.15, 0.2) is 0 Å². The third-order valence-electron chi connectivity index (χ3n) is 6.19. The zero-order valence-corrected chi connectivity index (χ0v) is 18.8. The van der Waals surface area contributed by atoms with E-state index in [2.05, 4.69) is 15.4 Å². The third kappa shape index (κ3) is 4.12. The molecule has 1 fully saturated rings. The van der Waals surface area contributed by atoms with Crippen molar-refractivity contribution in [2.24, 2.45) is 5.92 Å². The Balaban J connectivity index is 1.51. The van der Waals surface area contributed by atoms with E-state index in [0.717, 1.165) is 18.4 Å². The van der Waals surface area contributed by atoms with Crippen LogP contribution in [0.3, 0.4) is 0 Å². The second kappa shape index (κ2) is 8.61. The molecule has 2 N–H and O–H groups in total. The summed E-state index contributed by atoms with van der Waals surface area (Å²) in [4.78, 5) is 17.6. The number of nitrogens with zero attached hydrogens (tertiary/aromatic N) is 4. The standard InChI is InChI=1S/C24H23ClFN5O2/c1-14-3-2-4-19(26)17(14)12-31-21-7-8-30(24(33)16(21)10-28-31)22-9-23(27-11-18(22)25)29-20(13-32)15-5-6-15/h2-4,7-11,15,20,32H,5-6,12-13H2,1H3,(H,27,29)/t20-/m1/s1. The van der Waals surface area contributed by atoms with Gasteiger partial charge < -0.3 is 10.4 Å². The molecule has 9 heteroatoms. The van der Waals surface area contributed by atoms with Gasteiger partial charge in [0.25, 0.3) is 5.56 Å². The van der Waals surface area contributed by atoms with E-state index in [-0.39, 0.29) is 30.6 Å². The average Bonchev–Trinajstić information content (AvgIpc) is 3.56. The van der Waals surface area contributed by atoms with Gasteiger partial charge in [0.1, 0.15) is 11.6 Å². The fraction of sp³-hybridized carbons (Fsp3) is 0.292. The van der Waals surface area contributed by atoms with Crippen molar-refractivity contribution in [3.05, 3.63) is 81.2 Å². The van der Waals surface area contributed by atoms with Gasteiger partial charge in [-0.3, -0.25) is 14.0 Å². The summed E-state index contributed by atoms with van der Waals surface area (Å²) < 4.78 is 17.4. The van der Waals surface area contributed by atoms with Gasteiger partial charge in [-0.05, 0) is 43.4 Å². The Morgan fingerprint density at radius 3 is 2.85 bits per heavy atom. The number of rotatable bonds is 7. The number of pyridine rings is 2. The van der Waals surface area contributed by atoms with Crippen molar-refractivity contribution in [3.8, 4) is 5.69 Å². The highest BCUT2D eigenvalue weighted by Gasteiger charge is 2.31. The summed E-state index contributed by atoms with van der Waals surface area (Å²) >= 11 is 6.38. The number of halogens is 2. The topological polar surface area (TPSA) is 85.0 Å². The fourth-order valence-electron chi connectivity index (χ4n) is 4.10. The maximum absolute atomic E-state index is 14.3. The van der Waals surface area contributed by atoms with Gasteiger partial charge in [0, 0.05) is 17.8 Å². The molecule has 0 saturated heterocycles. The molecule has 1 saturated carbocycles. The van der Waals surface area contributed by atoms with Crippen molar-refractivity contribution in [2.45, 2.75) is 32.4 Å². The highest BCUT2D eigenvalue weighted by atomic mass is 35.5. The second-order valence-corrected chi connectivity index (χ2v) is 8.83. The van der Waals surface area contributed by atoms with Crippen molar-refractivity contribution < 1.29 is 9.50 Å². The lowest BCUT2D eigenvalue weighted by Crippen LogP contribution is -2.26. The summed E-state index contributed by atoms with van der Waals surface area (Å²) in [5.41, 5.74) is 2.16. The van der Waals surface area contributed by atoms with E-state index >= 15 is 0 Å². The van der Waals surface area contributed by atoms with E-state index < -0.39 is 0 Å². The van der Waals surface area contributed by atoms with Crippen LogP contribution in [0.5, 0.6) is 0 Å². The summed E-state index contributed by atoms with van der Waals surface area (Å²) in [7, 11) is 0. The maximum Gasteiger partial charge on any atom is 0.266 e. The molecule has 0 aliphatic heterocycles. The van der Waals surface area contributed by atoms with E-state index in [9.17, 15) is 14.3 Å². The molecular formula is C24H23ClFN5O2. The Bertz CT molecular complexity index is 1380. The van der Waals surface area contributed by atoms with Crippen molar-refractivity contribution in [2.75, 3.05) is 11.9 Å². The lowest BCUT2D eigenvalue weighted by molar-refractivity contribution is 0.263. The lowest BCUT2D eigenvalue weighted by atomic mass is 10.1. The predicted octanol–water partition coefficient (Wildman–Crippen LogP) is 3.91. The predicted molar refractivity (Wildman–Crippen MR) is 126 cm³/mol. The van der Waals surface area contributed by atoms with E-state index in [1.165, 1.54) is 23.0 Å². The van der Waals surface area contributed by atoms with Gasteiger partial charge in [-0.25, -0.2) is 9.37 Å². The molecule has 0 bridgehead atoms. The van der Waals surface area contributed by atoms with E-state index in [4.69, 9.17) is 11.6 Å². The van der Waals surface area contributed by atoms with Crippen LogP contribution in [0.25, 0.3) is 16.6 Å². The maximum atomic E-state index is 14.3. The van der Waals surface area contributed by atoms with Crippen LogP contribution in [0, 0.1) is 18.7 Å². The number of aryl methyl sites for hydroxylation is 1. The van der Waals surface area contributed by atoms with Crippen LogP contribution in [-0.4, -0.2) is 37.1 Å². The average molecular weight is 468 g/mol. The number of aliphatic hydroxyl groups excluding tert-OH is 1. The van der Waals surface area contributed by atoms with Crippen molar-refractivity contribution in [3.63, 3.8) is 0 Å². The first kappa shape index (κ1) is 21.6. The van der Waals surface area contributed by atoms with Crippen LogP contribution in [0.15, 0.2) is 53.7 Å². The molecule has 0 unspecified atom stereocenters. The van der Waals surface area contributed by atoms with Crippen LogP contribution in [-0.2, 0) is 6.54 Å². The quantitative estimate of drug-likeness (QED) is 0.430. The molecule has 170 valence electrons. The normalized spacial score (nSPS) is 14.5. The van der Waals surface area contributed by atoms with Gasteiger partial charge in [0.05, 0.1) is 53.2 Å². The zero-order valence-electron chi connectivity index (χ0n) is 18.0. The van der Waals surface area contributed by atoms with Crippen LogP contribution >= 0.6 is 11.6 Å². The number of hydrogen-bond donors (Lipinski definition) is 2. The molecule has 1 atom stereocenters. The second-order valence-electron chi connectivity index (χ2n) is 8.42. The zero-order chi connectivity index (χ0) is 23.1. The largest absolute Gasteiger partial charge is 0.394 e. The summed E-state index contributed by atoms with van der Waals surface area (Å²) in [5.74, 6) is 0.667. The Morgan fingerprint density at radius 2 is 2.12 bits per heavy atom. The summed E-state index contributed by atoms with van der Waals surface area (Å²) in [5, 5.41) is 17.9. The molecule has 0 amide bonds. The molecule has 33 heavy (non-hydrogen) atoms. The molecule has 5 rings (SSSR count). The number of fused-ring (bicyclic) bond motifs is 1. The molecule has 4 aromatic rings. The minimum atomic E-state index is -0.303. The first-order chi connectivity index (χ1) is 16.0. The van der Waals surface area contributed by atoms with Gasteiger partial charge in [-0.2, -0.15) is 5.10 Å². The van der Waals surface area contributed by atoms with Crippen molar-refractivity contribution in [1.29, 1.82) is 0 Å². The third-order valence-corrected chi connectivity index (χ3v) is 6.48. The molecule has 3 heterocycles. The number of aliphatic hydroxyl groups is 1. The Kier molecular flexibility index (Phi) is 5.64. The van der Waals surface area contributed by atoms with Gasteiger partial charge in [-0.1, -0.05) is 23.7 Å². The highest BCUT2D eigenvalue weighted by Crippen LogP contribution is 2.34. The van der Waals surface area contributed by atoms with Gasteiger partial charge >= 0.3 is 0 Å². The minimum Gasteiger partial charge on any atom is -0.394 e. The first-order valence-corrected chi connectivity index (χ1v) is 11.2. The number of benzene rings is 1. The van der Waals surface area contributed by atoms with Gasteiger partial charge in [-0.15, -0.1) is 0 Å². The number of anilines is 1. The van der Waals surface area contributed by atoms with E-state index in [0.29, 0.717) is 38.9 Å². The Morgan fingerprint density at radius 1 is 1.30 bits per heavy atom. The molecule has 3 aromatic heterocycles. The molecular weight excluding hydrogens is 445 g/mol. The number of nitrogens with one attached hydrogen (secondary N) is 1. The van der Waals surface area contributed by atoms with Crippen LogP contribution in [0.2, 0.25) is 5.02 Å². The highest BCUT2D eigenvalue weighted by molar-refractivity contribution is 6.32. The molecule has 7 nitrogen and oxygen atoms in total. The smallest absolute Gasteiger partial charge is 0.266 e. The molecule has 1 aliphatic rings. The summed E-state index contributed by atoms with van der Waals surface area (Å²) in [6, 6.07) is 8.33. The number of aromatic nitrogens is 4. The number of hydrogen-bond acceptors (Lipinski definition) is 5. The minimum absolute atomic E-state index is 0.0108. The monoisotopic (exact) mass is 467 g/mol. The summed E-state index contributed by atoms with van der Waals surface area (Å²) in [6.07, 6.45) is 6.76. The van der Waals surface area contributed by atoms with E-state index in [1.807, 2.05) is 13.0 Å². The molecule has 1 aromatic carbocycles. The van der Waals surface area contributed by atoms with Crippen molar-refractivity contribution in [1.82, 2.24) is 19.3 Å².